The number of rotatable bonds is 7. The topological polar surface area (TPSA) is 17.1 Å². The number of alkyl halides is 1. The maximum absolute atomic E-state index is 13.2. The molecular formula is C30H33IO. The van der Waals surface area contributed by atoms with Gasteiger partial charge in [-0.3, -0.25) is 4.79 Å². The molecule has 0 amide bonds. The Hall–Kier alpha value is -1.94. The first kappa shape index (κ1) is 23.2. The first-order valence-corrected chi connectivity index (χ1v) is 12.8. The maximum Gasteiger partial charge on any atom is 0.163 e. The molecule has 0 saturated carbocycles. The molecule has 0 aromatic heterocycles. The number of benzene rings is 3. The molecule has 4 rings (SSSR count). The zero-order valence-electron chi connectivity index (χ0n) is 19.7. The molecule has 0 saturated heterocycles. The summed E-state index contributed by atoms with van der Waals surface area (Å²) in [6.45, 7) is 8.86. The van der Waals surface area contributed by atoms with E-state index >= 15 is 0 Å². The quantitative estimate of drug-likeness (QED) is 0.169. The fourth-order valence-corrected chi connectivity index (χ4v) is 5.31. The standard InChI is InChI=1S/C30H33IO/c1-20-17-24-12-11-22(19-25(24)18-20)8-6-10-28(32)27-9-5-7-21(2)29(27)23-13-15-26(16-14-23)30(3,4)31/h5,7,9,11-16,19-20H,6,8,10,17-18H2,1-4H3/t20-/m1/s1. The lowest BCUT2D eigenvalue weighted by molar-refractivity contribution is 0.0981. The second kappa shape index (κ2) is 9.51. The average Bonchev–Trinajstić information content (AvgIpc) is 3.12. The Bertz CT molecular complexity index is 1120. The van der Waals surface area contributed by atoms with Crippen LogP contribution >= 0.6 is 22.6 Å². The number of halogens is 1. The zero-order chi connectivity index (χ0) is 22.9. The van der Waals surface area contributed by atoms with E-state index in [4.69, 9.17) is 0 Å². The first-order chi connectivity index (χ1) is 15.2. The first-order valence-electron chi connectivity index (χ1n) is 11.8. The molecule has 32 heavy (non-hydrogen) atoms. The van der Waals surface area contributed by atoms with Gasteiger partial charge in [0, 0.05) is 15.4 Å². The van der Waals surface area contributed by atoms with Gasteiger partial charge in [0.15, 0.2) is 5.78 Å². The average molecular weight is 536 g/mol. The van der Waals surface area contributed by atoms with Gasteiger partial charge < -0.3 is 0 Å². The van der Waals surface area contributed by atoms with Crippen molar-refractivity contribution in [2.24, 2.45) is 5.92 Å². The van der Waals surface area contributed by atoms with Crippen molar-refractivity contribution in [1.82, 2.24) is 0 Å². The number of hydrogen-bond acceptors (Lipinski definition) is 1. The van der Waals surface area contributed by atoms with Gasteiger partial charge >= 0.3 is 0 Å². The summed E-state index contributed by atoms with van der Waals surface area (Å²) in [7, 11) is 0. The van der Waals surface area contributed by atoms with E-state index in [1.807, 2.05) is 12.1 Å². The summed E-state index contributed by atoms with van der Waals surface area (Å²) in [5.74, 6) is 1.01. The molecule has 0 aliphatic heterocycles. The third kappa shape index (κ3) is 5.17. The van der Waals surface area contributed by atoms with Gasteiger partial charge in [0.2, 0.25) is 0 Å². The molecule has 2 heteroatoms. The maximum atomic E-state index is 13.2. The van der Waals surface area contributed by atoms with Crippen molar-refractivity contribution >= 4 is 28.4 Å². The lowest BCUT2D eigenvalue weighted by Crippen LogP contribution is -2.06. The van der Waals surface area contributed by atoms with Crippen molar-refractivity contribution in [2.75, 3.05) is 0 Å². The smallest absolute Gasteiger partial charge is 0.163 e. The van der Waals surface area contributed by atoms with Gasteiger partial charge in [-0.2, -0.15) is 0 Å². The van der Waals surface area contributed by atoms with Crippen LogP contribution in [0.4, 0.5) is 0 Å². The van der Waals surface area contributed by atoms with Gasteiger partial charge in [0.05, 0.1) is 0 Å². The number of carbonyl (C=O) groups is 1. The Labute approximate surface area is 206 Å². The molecule has 0 fully saturated rings. The van der Waals surface area contributed by atoms with Crippen LogP contribution in [-0.4, -0.2) is 5.78 Å². The second-order valence-corrected chi connectivity index (χ2v) is 12.6. The second-order valence-electron chi connectivity index (χ2n) is 9.94. The molecule has 0 spiro atoms. The van der Waals surface area contributed by atoms with Gasteiger partial charge in [0.25, 0.3) is 0 Å². The molecule has 1 aliphatic rings. The van der Waals surface area contributed by atoms with E-state index in [9.17, 15) is 4.79 Å². The number of carbonyl (C=O) groups excluding carboxylic acids is 1. The minimum Gasteiger partial charge on any atom is -0.294 e. The Morgan fingerprint density at radius 1 is 1.00 bits per heavy atom. The molecule has 0 heterocycles. The lowest BCUT2D eigenvalue weighted by atomic mass is 9.90. The minimum absolute atomic E-state index is 0.0935. The molecule has 166 valence electrons. The Morgan fingerprint density at radius 2 is 1.72 bits per heavy atom. The van der Waals surface area contributed by atoms with Gasteiger partial charge in [-0.05, 0) is 91.3 Å². The van der Waals surface area contributed by atoms with Crippen LogP contribution in [0, 0.1) is 12.8 Å². The van der Waals surface area contributed by atoms with E-state index in [0.29, 0.717) is 6.42 Å². The normalized spacial score (nSPS) is 15.6. The van der Waals surface area contributed by atoms with Gasteiger partial charge in [-0.25, -0.2) is 0 Å². The Balaban J connectivity index is 1.48. The van der Waals surface area contributed by atoms with Crippen LogP contribution in [0.25, 0.3) is 11.1 Å². The highest BCUT2D eigenvalue weighted by molar-refractivity contribution is 14.1. The SMILES string of the molecule is Cc1cccc(C(=O)CCCc2ccc3c(c2)C[C@H](C)C3)c1-c1ccc(C(C)(C)I)cc1. The van der Waals surface area contributed by atoms with Crippen LogP contribution in [0.1, 0.15) is 71.8 Å². The summed E-state index contributed by atoms with van der Waals surface area (Å²) in [5.41, 5.74) is 9.92. The fraction of sp³-hybridized carbons (Fsp3) is 0.367. The Morgan fingerprint density at radius 3 is 2.44 bits per heavy atom. The number of Topliss-reactive ketones (excluding diaryl/α,β-unsaturated/α-hetero) is 1. The van der Waals surface area contributed by atoms with Crippen molar-refractivity contribution in [2.45, 2.75) is 63.2 Å². The number of ketones is 1. The van der Waals surface area contributed by atoms with Gasteiger partial charge in [-0.1, -0.05) is 90.2 Å². The van der Waals surface area contributed by atoms with Crippen molar-refractivity contribution in [3.05, 3.63) is 94.0 Å². The Kier molecular flexibility index (Phi) is 6.90. The van der Waals surface area contributed by atoms with Gasteiger partial charge in [0.1, 0.15) is 0 Å². The predicted octanol–water partition coefficient (Wildman–Crippen LogP) is 8.27. The molecule has 1 nitrogen and oxygen atoms in total. The van der Waals surface area contributed by atoms with Crippen LogP contribution in [0.2, 0.25) is 0 Å². The summed E-state index contributed by atoms with van der Waals surface area (Å²) in [5, 5.41) is 0. The molecule has 3 aromatic rings. The van der Waals surface area contributed by atoms with E-state index in [-0.39, 0.29) is 9.20 Å². The number of hydrogen-bond donors (Lipinski definition) is 0. The molecule has 1 aliphatic carbocycles. The largest absolute Gasteiger partial charge is 0.294 e. The molecule has 1 atom stereocenters. The fourth-order valence-electron chi connectivity index (χ4n) is 4.95. The number of fused-ring (bicyclic) bond motifs is 1. The molecule has 0 radical (unpaired) electrons. The zero-order valence-corrected chi connectivity index (χ0v) is 21.8. The lowest BCUT2D eigenvalue weighted by Gasteiger charge is -2.18. The van der Waals surface area contributed by atoms with Crippen LogP contribution < -0.4 is 0 Å². The van der Waals surface area contributed by atoms with E-state index in [0.717, 1.165) is 41.0 Å². The molecule has 0 bridgehead atoms. The third-order valence-electron chi connectivity index (χ3n) is 6.71. The summed E-state index contributed by atoms with van der Waals surface area (Å²) in [6.07, 6.45) is 4.85. The summed E-state index contributed by atoms with van der Waals surface area (Å²) in [6, 6.07) is 21.8. The minimum atomic E-state index is 0.0935. The van der Waals surface area contributed by atoms with E-state index in [1.165, 1.54) is 35.1 Å². The van der Waals surface area contributed by atoms with Crippen LogP contribution in [0.5, 0.6) is 0 Å². The van der Waals surface area contributed by atoms with Crippen molar-refractivity contribution < 1.29 is 4.79 Å². The van der Waals surface area contributed by atoms with Crippen LogP contribution in [0.3, 0.4) is 0 Å². The van der Waals surface area contributed by atoms with E-state index in [1.54, 1.807) is 0 Å². The highest BCUT2D eigenvalue weighted by Crippen LogP contribution is 2.34. The van der Waals surface area contributed by atoms with Crippen molar-refractivity contribution in [3.63, 3.8) is 0 Å². The number of aryl methyl sites for hydroxylation is 2. The van der Waals surface area contributed by atoms with Crippen LogP contribution in [-0.2, 0) is 22.7 Å². The highest BCUT2D eigenvalue weighted by Gasteiger charge is 2.19. The van der Waals surface area contributed by atoms with E-state index in [2.05, 4.69) is 98.8 Å². The van der Waals surface area contributed by atoms with Crippen LogP contribution in [0.15, 0.2) is 60.7 Å². The van der Waals surface area contributed by atoms with Crippen molar-refractivity contribution in [1.29, 1.82) is 0 Å². The summed E-state index contributed by atoms with van der Waals surface area (Å²) >= 11 is 2.47. The third-order valence-corrected chi connectivity index (χ3v) is 7.33. The molecule has 0 unspecified atom stereocenters. The van der Waals surface area contributed by atoms with E-state index < -0.39 is 0 Å². The predicted molar refractivity (Wildman–Crippen MR) is 144 cm³/mol. The molecule has 3 aromatic carbocycles. The molecule has 0 N–H and O–H groups in total. The highest BCUT2D eigenvalue weighted by atomic mass is 127. The molecular weight excluding hydrogens is 503 g/mol. The summed E-state index contributed by atoms with van der Waals surface area (Å²) in [4.78, 5) is 13.2. The van der Waals surface area contributed by atoms with Crippen molar-refractivity contribution in [3.8, 4) is 11.1 Å². The monoisotopic (exact) mass is 536 g/mol. The summed E-state index contributed by atoms with van der Waals surface area (Å²) < 4.78 is 0.0935. The van der Waals surface area contributed by atoms with Gasteiger partial charge in [-0.15, -0.1) is 0 Å².